The van der Waals surface area contributed by atoms with Crippen molar-refractivity contribution in [1.82, 2.24) is 14.8 Å². The number of hydrogen-bond acceptors (Lipinski definition) is 4. The van der Waals surface area contributed by atoms with Crippen molar-refractivity contribution < 1.29 is 9.13 Å². The summed E-state index contributed by atoms with van der Waals surface area (Å²) in [4.78, 5) is 0. The van der Waals surface area contributed by atoms with Crippen molar-refractivity contribution in [3.63, 3.8) is 0 Å². The molecular weight excluding hydrogens is 385 g/mol. The molecular formula is C20H21ClFN3OS. The molecule has 3 aromatic rings. The van der Waals surface area contributed by atoms with Crippen LogP contribution >= 0.6 is 23.4 Å². The summed E-state index contributed by atoms with van der Waals surface area (Å²) in [7, 11) is 0. The number of aromatic nitrogens is 3. The summed E-state index contributed by atoms with van der Waals surface area (Å²) in [5, 5.41) is 9.61. The Hall–Kier alpha value is -2.05. The fraction of sp³-hybridized carbons (Fsp3) is 0.300. The maximum Gasteiger partial charge on any atom is 0.191 e. The van der Waals surface area contributed by atoms with Crippen LogP contribution in [0.25, 0.3) is 0 Å². The molecule has 0 aliphatic heterocycles. The van der Waals surface area contributed by atoms with E-state index in [1.807, 2.05) is 29.7 Å². The predicted octanol–water partition coefficient (Wildman–Crippen LogP) is 5.58. The van der Waals surface area contributed by atoms with Crippen LogP contribution in [0.15, 0.2) is 41.6 Å². The van der Waals surface area contributed by atoms with Crippen molar-refractivity contribution in [3.05, 3.63) is 69.8 Å². The molecule has 7 heteroatoms. The third kappa shape index (κ3) is 4.62. The lowest BCUT2D eigenvalue weighted by atomic mass is 10.1. The molecule has 0 spiro atoms. The third-order valence-electron chi connectivity index (χ3n) is 4.36. The van der Waals surface area contributed by atoms with Gasteiger partial charge in [0.05, 0.1) is 0 Å². The second-order valence-electron chi connectivity index (χ2n) is 6.17. The van der Waals surface area contributed by atoms with Crippen molar-refractivity contribution in [2.45, 2.75) is 44.8 Å². The van der Waals surface area contributed by atoms with Gasteiger partial charge in [0.2, 0.25) is 0 Å². The maximum atomic E-state index is 13.9. The standard InChI is InChI=1S/C20H21ClFN3OS/c1-4-25-19(11-26-15-9-8-13(2)14(3)10-15)23-24-20(25)27-12-16-17(21)6-5-7-18(16)22/h5-10H,4,11-12H2,1-3H3. The minimum Gasteiger partial charge on any atom is -0.486 e. The summed E-state index contributed by atoms with van der Waals surface area (Å²) >= 11 is 7.51. The maximum absolute atomic E-state index is 13.9. The number of nitrogens with zero attached hydrogens (tertiary/aromatic N) is 3. The number of aryl methyl sites for hydroxylation is 2. The van der Waals surface area contributed by atoms with Crippen LogP contribution in [0.2, 0.25) is 5.02 Å². The topological polar surface area (TPSA) is 39.9 Å². The molecule has 2 aromatic carbocycles. The zero-order valence-electron chi connectivity index (χ0n) is 15.5. The zero-order chi connectivity index (χ0) is 19.4. The Bertz CT molecular complexity index is 925. The summed E-state index contributed by atoms with van der Waals surface area (Å²) in [6, 6.07) is 10.7. The normalized spacial score (nSPS) is 11.0. The molecule has 0 aliphatic carbocycles. The van der Waals surface area contributed by atoms with Gasteiger partial charge < -0.3 is 9.30 Å². The highest BCUT2D eigenvalue weighted by atomic mass is 35.5. The van der Waals surface area contributed by atoms with E-state index in [-0.39, 0.29) is 5.82 Å². The van der Waals surface area contributed by atoms with Crippen LogP contribution in [0.4, 0.5) is 4.39 Å². The molecule has 0 unspecified atom stereocenters. The average molecular weight is 406 g/mol. The van der Waals surface area contributed by atoms with Gasteiger partial charge in [0.25, 0.3) is 0 Å². The lowest BCUT2D eigenvalue weighted by Gasteiger charge is -2.10. The van der Waals surface area contributed by atoms with E-state index in [1.165, 1.54) is 29.0 Å². The Kier molecular flexibility index (Phi) is 6.39. The smallest absolute Gasteiger partial charge is 0.191 e. The molecule has 0 saturated carbocycles. The van der Waals surface area contributed by atoms with Crippen molar-refractivity contribution in [2.75, 3.05) is 0 Å². The average Bonchev–Trinajstić information content (AvgIpc) is 3.04. The molecule has 3 rings (SSSR count). The number of halogens is 2. The molecule has 0 amide bonds. The Labute approximate surface area is 167 Å². The summed E-state index contributed by atoms with van der Waals surface area (Å²) < 4.78 is 21.8. The van der Waals surface area contributed by atoms with E-state index >= 15 is 0 Å². The molecule has 0 radical (unpaired) electrons. The van der Waals surface area contributed by atoms with Crippen LogP contribution in [0.1, 0.15) is 29.4 Å². The quantitative estimate of drug-likeness (QED) is 0.481. The second kappa shape index (κ2) is 8.76. The first-order valence-corrected chi connectivity index (χ1v) is 10.0. The van der Waals surface area contributed by atoms with E-state index in [9.17, 15) is 4.39 Å². The van der Waals surface area contributed by atoms with Crippen LogP contribution < -0.4 is 4.74 Å². The largest absolute Gasteiger partial charge is 0.486 e. The van der Waals surface area contributed by atoms with Crippen LogP contribution in [0.5, 0.6) is 5.75 Å². The first-order chi connectivity index (χ1) is 13.0. The fourth-order valence-electron chi connectivity index (χ4n) is 2.61. The third-order valence-corrected chi connectivity index (χ3v) is 5.71. The van der Waals surface area contributed by atoms with E-state index in [0.717, 1.165) is 16.7 Å². The van der Waals surface area contributed by atoms with Crippen LogP contribution in [0.3, 0.4) is 0 Å². The van der Waals surface area contributed by atoms with E-state index in [4.69, 9.17) is 16.3 Å². The highest BCUT2D eigenvalue weighted by Gasteiger charge is 2.14. The molecule has 4 nitrogen and oxygen atoms in total. The number of benzene rings is 2. The van der Waals surface area contributed by atoms with Crippen molar-refractivity contribution in [3.8, 4) is 5.75 Å². The van der Waals surface area contributed by atoms with Gasteiger partial charge in [-0.1, -0.05) is 35.5 Å². The van der Waals surface area contributed by atoms with Crippen LogP contribution in [-0.2, 0) is 18.9 Å². The van der Waals surface area contributed by atoms with Gasteiger partial charge in [-0.05, 0) is 56.2 Å². The fourth-order valence-corrected chi connectivity index (χ4v) is 3.97. The molecule has 0 fully saturated rings. The highest BCUT2D eigenvalue weighted by molar-refractivity contribution is 7.98. The highest BCUT2D eigenvalue weighted by Crippen LogP contribution is 2.28. The monoisotopic (exact) mass is 405 g/mol. The van der Waals surface area contributed by atoms with Crippen molar-refractivity contribution in [2.24, 2.45) is 0 Å². The molecule has 0 saturated heterocycles. The minimum absolute atomic E-state index is 0.309. The number of rotatable bonds is 7. The molecule has 27 heavy (non-hydrogen) atoms. The van der Waals surface area contributed by atoms with Crippen molar-refractivity contribution >= 4 is 23.4 Å². The predicted molar refractivity (Wildman–Crippen MR) is 107 cm³/mol. The lowest BCUT2D eigenvalue weighted by molar-refractivity contribution is 0.288. The Morgan fingerprint density at radius 3 is 2.67 bits per heavy atom. The van der Waals surface area contributed by atoms with E-state index in [2.05, 4.69) is 24.0 Å². The number of thioether (sulfide) groups is 1. The molecule has 0 N–H and O–H groups in total. The van der Waals surface area contributed by atoms with Gasteiger partial charge in [0.1, 0.15) is 18.2 Å². The molecule has 0 bridgehead atoms. The Morgan fingerprint density at radius 1 is 1.15 bits per heavy atom. The Balaban J connectivity index is 1.70. The van der Waals surface area contributed by atoms with Gasteiger partial charge >= 0.3 is 0 Å². The van der Waals surface area contributed by atoms with E-state index in [1.54, 1.807) is 12.1 Å². The lowest BCUT2D eigenvalue weighted by Crippen LogP contribution is -2.07. The van der Waals surface area contributed by atoms with Crippen LogP contribution in [0, 0.1) is 19.7 Å². The Morgan fingerprint density at radius 2 is 1.96 bits per heavy atom. The molecule has 0 atom stereocenters. The van der Waals surface area contributed by atoms with Gasteiger partial charge in [0.15, 0.2) is 11.0 Å². The zero-order valence-corrected chi connectivity index (χ0v) is 17.1. The molecule has 0 aliphatic rings. The second-order valence-corrected chi connectivity index (χ2v) is 7.52. The first kappa shape index (κ1) is 19.7. The van der Waals surface area contributed by atoms with Gasteiger partial charge in [-0.2, -0.15) is 0 Å². The van der Waals surface area contributed by atoms with Gasteiger partial charge in [0, 0.05) is 22.9 Å². The van der Waals surface area contributed by atoms with E-state index in [0.29, 0.717) is 29.5 Å². The summed E-state index contributed by atoms with van der Waals surface area (Å²) in [5.74, 6) is 1.62. The summed E-state index contributed by atoms with van der Waals surface area (Å²) in [5.41, 5.74) is 2.88. The van der Waals surface area contributed by atoms with Gasteiger partial charge in [-0.3, -0.25) is 0 Å². The molecule has 1 aromatic heterocycles. The van der Waals surface area contributed by atoms with Gasteiger partial charge in [-0.15, -0.1) is 10.2 Å². The van der Waals surface area contributed by atoms with Crippen LogP contribution in [-0.4, -0.2) is 14.8 Å². The van der Waals surface area contributed by atoms with Gasteiger partial charge in [-0.25, -0.2) is 4.39 Å². The molecule has 142 valence electrons. The number of ether oxygens (including phenoxy) is 1. The number of hydrogen-bond donors (Lipinski definition) is 0. The van der Waals surface area contributed by atoms with E-state index < -0.39 is 0 Å². The summed E-state index contributed by atoms with van der Waals surface area (Å²) in [6.07, 6.45) is 0. The SMILES string of the molecule is CCn1c(COc2ccc(C)c(C)c2)nnc1SCc1c(F)cccc1Cl. The summed E-state index contributed by atoms with van der Waals surface area (Å²) in [6.45, 7) is 7.16. The minimum atomic E-state index is -0.309. The first-order valence-electron chi connectivity index (χ1n) is 8.67. The molecule has 1 heterocycles. The van der Waals surface area contributed by atoms with Crippen molar-refractivity contribution in [1.29, 1.82) is 0 Å².